The quantitative estimate of drug-likeness (QED) is 0.768. The van der Waals surface area contributed by atoms with Crippen molar-refractivity contribution in [2.45, 2.75) is 6.92 Å². The van der Waals surface area contributed by atoms with Gasteiger partial charge >= 0.3 is 0 Å². The van der Waals surface area contributed by atoms with Gasteiger partial charge in [0.2, 0.25) is 5.91 Å². The summed E-state index contributed by atoms with van der Waals surface area (Å²) >= 11 is 0. The van der Waals surface area contributed by atoms with Gasteiger partial charge in [-0.1, -0.05) is 18.2 Å². The second-order valence-electron chi connectivity index (χ2n) is 3.94. The number of allylic oxidation sites excluding steroid dienone is 1. The Balaban J connectivity index is 2.63. The van der Waals surface area contributed by atoms with Crippen molar-refractivity contribution < 1.29 is 19.1 Å². The third-order valence-electron chi connectivity index (χ3n) is 2.37. The molecule has 0 saturated heterocycles. The van der Waals surface area contributed by atoms with E-state index in [1.54, 1.807) is 12.1 Å². The molecule has 0 atom stereocenters. The van der Waals surface area contributed by atoms with E-state index in [0.717, 1.165) is 5.56 Å². The lowest BCUT2D eigenvalue weighted by Gasteiger charge is -2.11. The molecule has 0 aliphatic rings. The van der Waals surface area contributed by atoms with Gasteiger partial charge in [-0.25, -0.2) is 0 Å². The van der Waals surface area contributed by atoms with Crippen LogP contribution in [-0.4, -0.2) is 32.1 Å². The van der Waals surface area contributed by atoms with Gasteiger partial charge in [-0.15, -0.1) is 0 Å². The van der Waals surface area contributed by atoms with Crippen molar-refractivity contribution in [2.75, 3.05) is 20.3 Å². The van der Waals surface area contributed by atoms with Crippen LogP contribution in [0.3, 0.4) is 0 Å². The number of hydrogen-bond acceptors (Lipinski definition) is 4. The van der Waals surface area contributed by atoms with Crippen LogP contribution in [0, 0.1) is 0 Å². The summed E-state index contributed by atoms with van der Waals surface area (Å²) in [6.07, 6.45) is 3.83. The Morgan fingerprint density at radius 2 is 2.10 bits per heavy atom. The topological polar surface area (TPSA) is 90.6 Å². The highest BCUT2D eigenvalue weighted by atomic mass is 16.5. The molecule has 1 aromatic carbocycles. The first-order valence-corrected chi connectivity index (χ1v) is 6.05. The third-order valence-corrected chi connectivity index (χ3v) is 2.37. The average molecular weight is 278 g/mol. The lowest BCUT2D eigenvalue weighted by Crippen LogP contribution is -2.36. The molecule has 0 spiro atoms. The maximum Gasteiger partial charge on any atom is 0.258 e. The fourth-order valence-electron chi connectivity index (χ4n) is 1.48. The van der Waals surface area contributed by atoms with Crippen LogP contribution < -0.4 is 20.5 Å². The van der Waals surface area contributed by atoms with E-state index < -0.39 is 11.8 Å². The smallest absolute Gasteiger partial charge is 0.258 e. The highest BCUT2D eigenvalue weighted by molar-refractivity contribution is 5.84. The van der Waals surface area contributed by atoms with Gasteiger partial charge in [0.25, 0.3) is 5.91 Å². The molecule has 20 heavy (non-hydrogen) atoms. The first-order chi connectivity index (χ1) is 9.56. The lowest BCUT2D eigenvalue weighted by molar-refractivity contribution is -0.126. The zero-order valence-corrected chi connectivity index (χ0v) is 11.5. The zero-order valence-electron chi connectivity index (χ0n) is 11.5. The van der Waals surface area contributed by atoms with E-state index in [0.29, 0.717) is 11.5 Å². The van der Waals surface area contributed by atoms with Crippen LogP contribution in [0.1, 0.15) is 12.5 Å². The van der Waals surface area contributed by atoms with Crippen molar-refractivity contribution in [3.8, 4) is 11.5 Å². The molecule has 6 nitrogen and oxygen atoms in total. The van der Waals surface area contributed by atoms with Crippen molar-refractivity contribution >= 4 is 17.9 Å². The number of benzene rings is 1. The van der Waals surface area contributed by atoms with Crippen molar-refractivity contribution in [1.82, 2.24) is 5.32 Å². The number of amides is 2. The fourth-order valence-corrected chi connectivity index (χ4v) is 1.48. The molecule has 2 amide bonds. The maximum atomic E-state index is 11.4. The normalized spacial score (nSPS) is 10.3. The lowest BCUT2D eigenvalue weighted by atomic mass is 10.2. The Bertz CT molecular complexity index is 512. The molecule has 0 aromatic heterocycles. The summed E-state index contributed by atoms with van der Waals surface area (Å²) in [5, 5.41) is 2.33. The Hall–Kier alpha value is -2.50. The molecule has 0 aliphatic carbocycles. The van der Waals surface area contributed by atoms with Gasteiger partial charge in [0.1, 0.15) is 0 Å². The monoisotopic (exact) mass is 278 g/mol. The van der Waals surface area contributed by atoms with Crippen LogP contribution in [0.4, 0.5) is 0 Å². The van der Waals surface area contributed by atoms with Crippen molar-refractivity contribution in [1.29, 1.82) is 0 Å². The first kappa shape index (κ1) is 15.6. The molecule has 0 saturated carbocycles. The molecule has 1 rings (SSSR count). The van der Waals surface area contributed by atoms with E-state index >= 15 is 0 Å². The minimum atomic E-state index is -0.605. The number of rotatable bonds is 7. The molecular weight excluding hydrogens is 260 g/mol. The van der Waals surface area contributed by atoms with Crippen LogP contribution in [0.5, 0.6) is 11.5 Å². The molecule has 3 N–H and O–H groups in total. The Labute approximate surface area is 117 Å². The number of hydrogen-bond donors (Lipinski definition) is 2. The average Bonchev–Trinajstić information content (AvgIpc) is 2.43. The number of nitrogens with one attached hydrogen (secondary N) is 1. The number of primary amides is 1. The van der Waals surface area contributed by atoms with Gasteiger partial charge in [-0.3, -0.25) is 9.59 Å². The standard InChI is InChI=1S/C14H18N2O4/c1-3-4-10-5-6-11(12(7-10)19-2)20-9-14(18)16-8-13(15)17/h3-7H,8-9H2,1-2H3,(H2,15,17)(H,16,18)/b4-3+. The minimum absolute atomic E-state index is 0.209. The van der Waals surface area contributed by atoms with E-state index in [2.05, 4.69) is 5.32 Å². The summed E-state index contributed by atoms with van der Waals surface area (Å²) in [6, 6.07) is 5.37. The van der Waals surface area contributed by atoms with Crippen molar-refractivity contribution in [3.05, 3.63) is 29.8 Å². The molecular formula is C14H18N2O4. The second kappa shape index (κ2) is 7.83. The number of nitrogens with two attached hydrogens (primary N) is 1. The van der Waals surface area contributed by atoms with E-state index in [1.165, 1.54) is 7.11 Å². The fraction of sp³-hybridized carbons (Fsp3) is 0.286. The molecule has 0 unspecified atom stereocenters. The van der Waals surface area contributed by atoms with E-state index in [-0.39, 0.29) is 13.2 Å². The predicted octanol–water partition coefficient (Wildman–Crippen LogP) is 0.709. The van der Waals surface area contributed by atoms with Crippen molar-refractivity contribution in [3.63, 3.8) is 0 Å². The van der Waals surface area contributed by atoms with Gasteiger partial charge < -0.3 is 20.5 Å². The summed E-state index contributed by atoms with van der Waals surface area (Å²) in [6.45, 7) is 1.49. The third kappa shape index (κ3) is 5.01. The van der Waals surface area contributed by atoms with Gasteiger partial charge in [0.15, 0.2) is 18.1 Å². The van der Waals surface area contributed by atoms with Gasteiger partial charge in [-0.2, -0.15) is 0 Å². The largest absolute Gasteiger partial charge is 0.493 e. The summed E-state index contributed by atoms with van der Waals surface area (Å²) in [4.78, 5) is 21.9. The van der Waals surface area contributed by atoms with Crippen molar-refractivity contribution in [2.24, 2.45) is 5.73 Å². The number of carbonyl (C=O) groups is 2. The van der Waals surface area contributed by atoms with Crippen LogP contribution in [0.2, 0.25) is 0 Å². The van der Waals surface area contributed by atoms with E-state index in [1.807, 2.05) is 25.1 Å². The second-order valence-corrected chi connectivity index (χ2v) is 3.94. The highest BCUT2D eigenvalue weighted by Crippen LogP contribution is 2.28. The molecule has 6 heteroatoms. The summed E-state index contributed by atoms with van der Waals surface area (Å²) < 4.78 is 10.5. The first-order valence-electron chi connectivity index (χ1n) is 6.05. The molecule has 0 heterocycles. The van der Waals surface area contributed by atoms with Crippen LogP contribution >= 0.6 is 0 Å². The van der Waals surface area contributed by atoms with E-state index in [4.69, 9.17) is 15.2 Å². The SMILES string of the molecule is C/C=C/c1ccc(OCC(=O)NCC(N)=O)c(OC)c1. The summed E-state index contributed by atoms with van der Waals surface area (Å²) in [7, 11) is 1.52. The van der Waals surface area contributed by atoms with Crippen LogP contribution in [0.25, 0.3) is 6.08 Å². The zero-order chi connectivity index (χ0) is 15.0. The van der Waals surface area contributed by atoms with Gasteiger partial charge in [0, 0.05) is 0 Å². The Kier molecular flexibility index (Phi) is 6.09. The molecule has 0 aliphatic heterocycles. The van der Waals surface area contributed by atoms with Gasteiger partial charge in [-0.05, 0) is 24.6 Å². The molecule has 0 fully saturated rings. The van der Waals surface area contributed by atoms with Crippen LogP contribution in [-0.2, 0) is 9.59 Å². The van der Waals surface area contributed by atoms with E-state index in [9.17, 15) is 9.59 Å². The number of ether oxygens (including phenoxy) is 2. The Morgan fingerprint density at radius 3 is 2.70 bits per heavy atom. The van der Waals surface area contributed by atoms with Gasteiger partial charge in [0.05, 0.1) is 13.7 Å². The number of carbonyl (C=O) groups excluding carboxylic acids is 2. The molecule has 0 radical (unpaired) electrons. The maximum absolute atomic E-state index is 11.4. The predicted molar refractivity (Wildman–Crippen MR) is 75.4 cm³/mol. The van der Waals surface area contributed by atoms with Crippen LogP contribution in [0.15, 0.2) is 24.3 Å². The minimum Gasteiger partial charge on any atom is -0.493 e. The molecule has 1 aromatic rings. The molecule has 108 valence electrons. The summed E-state index contributed by atoms with van der Waals surface area (Å²) in [5.41, 5.74) is 5.89. The Morgan fingerprint density at radius 1 is 1.35 bits per heavy atom. The number of methoxy groups -OCH3 is 1. The highest BCUT2D eigenvalue weighted by Gasteiger charge is 2.08. The summed E-state index contributed by atoms with van der Waals surface area (Å²) in [5.74, 6) is -0.0479. The molecule has 0 bridgehead atoms.